The van der Waals surface area contributed by atoms with Crippen LogP contribution in [-0.4, -0.2) is 21.5 Å². The van der Waals surface area contributed by atoms with Gasteiger partial charge in [-0.1, -0.05) is 13.3 Å². The highest BCUT2D eigenvalue weighted by Crippen LogP contribution is 2.40. The zero-order valence-electron chi connectivity index (χ0n) is 13.3. The molecule has 124 valence electrons. The first-order chi connectivity index (χ1) is 11.8. The number of unbranched alkanes of at least 4 members (excludes halogenated alkanes) is 1. The number of nitrogens with one attached hydrogen (secondary N) is 1. The molecule has 1 aromatic carbocycles. The van der Waals surface area contributed by atoms with E-state index in [1.807, 2.05) is 41.1 Å². The number of hydrogen-bond acceptors (Lipinski definition) is 6. The summed E-state index contributed by atoms with van der Waals surface area (Å²) in [6.45, 7) is 2.90. The van der Waals surface area contributed by atoms with Gasteiger partial charge >= 0.3 is 0 Å². The molecule has 0 aliphatic carbocycles. The van der Waals surface area contributed by atoms with E-state index in [2.05, 4.69) is 22.5 Å². The van der Waals surface area contributed by atoms with Crippen molar-refractivity contribution in [1.82, 2.24) is 14.9 Å². The SMILES string of the molecule is CCCCOc1ccc(-c2nnc3n2N[C@H](c2ccco2)S3)cc1. The molecule has 6 nitrogen and oxygen atoms in total. The van der Waals surface area contributed by atoms with E-state index < -0.39 is 0 Å². The summed E-state index contributed by atoms with van der Waals surface area (Å²) in [6, 6.07) is 11.8. The van der Waals surface area contributed by atoms with Crippen LogP contribution in [0.15, 0.2) is 52.2 Å². The molecule has 0 radical (unpaired) electrons. The number of nitrogens with zero attached hydrogens (tertiary/aromatic N) is 3. The summed E-state index contributed by atoms with van der Waals surface area (Å²) in [5.41, 5.74) is 4.36. The van der Waals surface area contributed by atoms with Crippen LogP contribution in [0.25, 0.3) is 11.4 Å². The minimum atomic E-state index is 0.0147. The Hall–Kier alpha value is -2.41. The highest BCUT2D eigenvalue weighted by molar-refractivity contribution is 7.99. The van der Waals surface area contributed by atoms with Gasteiger partial charge in [0.25, 0.3) is 0 Å². The smallest absolute Gasteiger partial charge is 0.212 e. The Balaban J connectivity index is 1.51. The Kier molecular flexibility index (Phi) is 4.17. The summed E-state index contributed by atoms with van der Waals surface area (Å²) < 4.78 is 13.1. The molecule has 1 N–H and O–H groups in total. The topological polar surface area (TPSA) is 65.1 Å². The van der Waals surface area contributed by atoms with Gasteiger partial charge < -0.3 is 14.6 Å². The third kappa shape index (κ3) is 2.87. The second-order valence-corrected chi connectivity index (χ2v) is 6.58. The molecule has 1 aliphatic heterocycles. The van der Waals surface area contributed by atoms with Crippen LogP contribution in [0.4, 0.5) is 0 Å². The molecule has 0 saturated heterocycles. The number of fused-ring (bicyclic) bond motifs is 1. The Labute approximate surface area is 144 Å². The molecule has 1 atom stereocenters. The van der Waals surface area contributed by atoms with Gasteiger partial charge in [0.05, 0.1) is 12.9 Å². The van der Waals surface area contributed by atoms with Gasteiger partial charge in [0, 0.05) is 5.56 Å². The van der Waals surface area contributed by atoms with Crippen LogP contribution in [0, 0.1) is 0 Å². The molecule has 0 saturated carbocycles. The monoisotopic (exact) mass is 342 g/mol. The third-order valence-corrected chi connectivity index (χ3v) is 4.83. The predicted molar refractivity (Wildman–Crippen MR) is 92.5 cm³/mol. The van der Waals surface area contributed by atoms with E-state index in [1.165, 1.54) is 0 Å². The molecule has 3 aromatic rings. The minimum Gasteiger partial charge on any atom is -0.494 e. The van der Waals surface area contributed by atoms with Gasteiger partial charge in [0.15, 0.2) is 11.2 Å². The van der Waals surface area contributed by atoms with Crippen LogP contribution in [0.2, 0.25) is 0 Å². The second kappa shape index (κ2) is 6.60. The lowest BCUT2D eigenvalue weighted by Gasteiger charge is -2.10. The van der Waals surface area contributed by atoms with Crippen LogP contribution in [0.3, 0.4) is 0 Å². The van der Waals surface area contributed by atoms with E-state index in [1.54, 1.807) is 18.0 Å². The first-order valence-electron chi connectivity index (χ1n) is 8.00. The Morgan fingerprint density at radius 3 is 2.88 bits per heavy atom. The van der Waals surface area contributed by atoms with Gasteiger partial charge in [0.2, 0.25) is 5.16 Å². The highest BCUT2D eigenvalue weighted by atomic mass is 32.2. The van der Waals surface area contributed by atoms with Crippen molar-refractivity contribution in [3.05, 3.63) is 48.4 Å². The van der Waals surface area contributed by atoms with Gasteiger partial charge in [0.1, 0.15) is 11.5 Å². The third-order valence-electron chi connectivity index (χ3n) is 3.78. The van der Waals surface area contributed by atoms with E-state index in [9.17, 15) is 0 Å². The van der Waals surface area contributed by atoms with Crippen molar-refractivity contribution in [2.24, 2.45) is 0 Å². The summed E-state index contributed by atoms with van der Waals surface area (Å²) >= 11 is 1.59. The number of thioether (sulfide) groups is 1. The predicted octanol–water partition coefficient (Wildman–Crippen LogP) is 4.07. The van der Waals surface area contributed by atoms with E-state index >= 15 is 0 Å². The second-order valence-electron chi connectivity index (χ2n) is 5.51. The van der Waals surface area contributed by atoms with Gasteiger partial charge in [-0.3, -0.25) is 0 Å². The maximum Gasteiger partial charge on any atom is 0.212 e. The Morgan fingerprint density at radius 2 is 2.12 bits per heavy atom. The molecular formula is C17H18N4O2S. The summed E-state index contributed by atoms with van der Waals surface area (Å²) in [5, 5.41) is 9.39. The molecule has 0 unspecified atom stereocenters. The van der Waals surface area contributed by atoms with Gasteiger partial charge in [-0.05, 0) is 54.6 Å². The molecule has 7 heteroatoms. The van der Waals surface area contributed by atoms with E-state index in [0.29, 0.717) is 0 Å². The van der Waals surface area contributed by atoms with Crippen LogP contribution >= 0.6 is 11.8 Å². The van der Waals surface area contributed by atoms with Gasteiger partial charge in [-0.25, -0.2) is 4.68 Å². The molecule has 0 spiro atoms. The largest absolute Gasteiger partial charge is 0.494 e. The number of rotatable bonds is 6. The average Bonchev–Trinajstić information content (AvgIpc) is 3.32. The van der Waals surface area contributed by atoms with Crippen molar-refractivity contribution in [3.63, 3.8) is 0 Å². The number of hydrogen-bond donors (Lipinski definition) is 1. The molecular weight excluding hydrogens is 324 g/mol. The molecule has 2 aromatic heterocycles. The lowest BCUT2D eigenvalue weighted by atomic mass is 10.2. The summed E-state index contributed by atoms with van der Waals surface area (Å²) in [5.74, 6) is 2.53. The first-order valence-corrected chi connectivity index (χ1v) is 8.88. The van der Waals surface area contributed by atoms with E-state index in [-0.39, 0.29) is 5.37 Å². The highest BCUT2D eigenvalue weighted by Gasteiger charge is 2.29. The van der Waals surface area contributed by atoms with Crippen LogP contribution in [0.1, 0.15) is 30.9 Å². The molecule has 24 heavy (non-hydrogen) atoms. The lowest BCUT2D eigenvalue weighted by Crippen LogP contribution is -2.13. The minimum absolute atomic E-state index is 0.0147. The normalized spacial score (nSPS) is 16.0. The Morgan fingerprint density at radius 1 is 1.25 bits per heavy atom. The Bertz CT molecular complexity index is 799. The fourth-order valence-electron chi connectivity index (χ4n) is 2.50. The number of furan rings is 1. The number of aromatic nitrogens is 3. The molecule has 0 fully saturated rings. The summed E-state index contributed by atoms with van der Waals surface area (Å²) in [6.07, 6.45) is 3.87. The maximum absolute atomic E-state index is 5.70. The quantitative estimate of drug-likeness (QED) is 0.681. The van der Waals surface area contributed by atoms with Crippen molar-refractivity contribution in [1.29, 1.82) is 0 Å². The molecule has 0 bridgehead atoms. The average molecular weight is 342 g/mol. The number of benzene rings is 1. The van der Waals surface area contributed by atoms with Gasteiger partial charge in [-0.2, -0.15) is 0 Å². The standard InChI is InChI=1S/C17H18N4O2S/c1-2-3-10-22-13-8-6-12(7-9-13)15-18-19-17-21(15)20-16(24-17)14-5-4-11-23-14/h4-9,11,16,20H,2-3,10H2,1H3/t16-/m0/s1. The van der Waals surface area contributed by atoms with Crippen molar-refractivity contribution >= 4 is 11.8 Å². The van der Waals surface area contributed by atoms with Crippen molar-refractivity contribution in [2.75, 3.05) is 12.0 Å². The fourth-order valence-corrected chi connectivity index (χ4v) is 3.45. The molecule has 3 heterocycles. The number of ether oxygens (including phenoxy) is 1. The molecule has 0 amide bonds. The van der Waals surface area contributed by atoms with E-state index in [0.717, 1.165) is 47.5 Å². The zero-order valence-corrected chi connectivity index (χ0v) is 14.1. The fraction of sp³-hybridized carbons (Fsp3) is 0.294. The van der Waals surface area contributed by atoms with Crippen molar-refractivity contribution in [3.8, 4) is 17.1 Å². The van der Waals surface area contributed by atoms with Crippen molar-refractivity contribution < 1.29 is 9.15 Å². The summed E-state index contributed by atoms with van der Waals surface area (Å²) in [7, 11) is 0. The van der Waals surface area contributed by atoms with Gasteiger partial charge in [-0.15, -0.1) is 10.2 Å². The van der Waals surface area contributed by atoms with Crippen LogP contribution in [0.5, 0.6) is 5.75 Å². The van der Waals surface area contributed by atoms with Crippen LogP contribution in [-0.2, 0) is 0 Å². The lowest BCUT2D eigenvalue weighted by molar-refractivity contribution is 0.309. The molecule has 4 rings (SSSR count). The van der Waals surface area contributed by atoms with E-state index in [4.69, 9.17) is 9.15 Å². The maximum atomic E-state index is 5.70. The summed E-state index contributed by atoms with van der Waals surface area (Å²) in [4.78, 5) is 0. The first kappa shape index (κ1) is 15.1. The van der Waals surface area contributed by atoms with Crippen molar-refractivity contribution in [2.45, 2.75) is 30.3 Å². The molecule has 1 aliphatic rings. The zero-order chi connectivity index (χ0) is 16.4. The van der Waals surface area contributed by atoms with Crippen LogP contribution < -0.4 is 10.2 Å².